The van der Waals surface area contributed by atoms with Crippen LogP contribution in [-0.2, 0) is 66.3 Å². The molecule has 0 fully saturated rings. The van der Waals surface area contributed by atoms with Gasteiger partial charge in [0.2, 0.25) is 12.7 Å². The first kappa shape index (κ1) is 92.7. The molecule has 0 aromatic carbocycles. The van der Waals surface area contributed by atoms with E-state index in [1.807, 2.05) is 27.7 Å². The van der Waals surface area contributed by atoms with E-state index in [0.717, 1.165) is 0 Å². The van der Waals surface area contributed by atoms with Crippen molar-refractivity contribution < 1.29 is 111 Å². The number of aryl methyl sites for hydroxylation is 4. The van der Waals surface area contributed by atoms with Crippen molar-refractivity contribution in [3.05, 3.63) is 45.7 Å². The number of rotatable bonds is 56. The molecule has 2 aromatic heterocycles. The Morgan fingerprint density at radius 1 is 0.279 bits per heavy atom. The van der Waals surface area contributed by atoms with E-state index in [-0.39, 0.29) is 91.4 Å². The second kappa shape index (κ2) is 65.3. The molecule has 0 amide bonds. The van der Waals surface area contributed by atoms with Gasteiger partial charge in [0.15, 0.2) is 0 Å². The Labute approximate surface area is 587 Å². The standard InChI is InChI=1S/2C25H49N2.2C8H18NO4S2.BrH.K/c2*1-3-5-7-8-9-10-11-12-13-14-15-16-17-18-19-20-22-27-24-23-26(25-27)21-6-4-2;2*1-3-5-7-14(10,11)9-15(12,13)8-6-4-2;;/h2*23-25H,3-22H2,1-2H3;2*3-8H2,1-2H3;1H;/q2*+1;2*-1;;+1/p-1. The van der Waals surface area contributed by atoms with Gasteiger partial charge in [-0.3, -0.25) is 0 Å². The predicted molar refractivity (Wildman–Crippen MR) is 360 cm³/mol. The largest absolute Gasteiger partial charge is 1.00 e. The number of aromatic nitrogens is 4. The Morgan fingerprint density at radius 3 is 0.663 bits per heavy atom. The minimum absolute atomic E-state index is 0. The van der Waals surface area contributed by atoms with Crippen molar-refractivity contribution in [3.8, 4) is 0 Å². The van der Waals surface area contributed by atoms with Gasteiger partial charge in [-0.05, 0) is 64.2 Å². The van der Waals surface area contributed by atoms with Gasteiger partial charge in [0.05, 0.1) is 66.3 Å². The van der Waals surface area contributed by atoms with Crippen LogP contribution in [0.4, 0.5) is 0 Å². The number of unbranched alkanes of at least 4 members (excludes halogenated alkanes) is 36. The molecule has 20 heteroatoms. The Balaban J connectivity index is -0.000000537. The third kappa shape index (κ3) is 65.7. The molecule has 86 heavy (non-hydrogen) atoms. The number of imidazole rings is 2. The van der Waals surface area contributed by atoms with Gasteiger partial charge in [-0.15, -0.1) is 0 Å². The van der Waals surface area contributed by atoms with E-state index in [9.17, 15) is 33.7 Å². The van der Waals surface area contributed by atoms with Gasteiger partial charge in [0.1, 0.15) is 24.8 Å². The molecule has 2 rings (SSSR count). The summed E-state index contributed by atoms with van der Waals surface area (Å²) in [6.07, 6.45) is 69.3. The fraction of sp³-hybridized carbons (Fsp3) is 0.909. The molecule has 0 radical (unpaired) electrons. The molecule has 14 nitrogen and oxygen atoms in total. The number of hydrogen-bond donors (Lipinski definition) is 0. The Bertz CT molecular complexity index is 1960. The van der Waals surface area contributed by atoms with Crippen molar-refractivity contribution in [2.24, 2.45) is 0 Å². The molecular formula is C66H134BrKN6O8S4. The summed E-state index contributed by atoms with van der Waals surface area (Å²) in [5.41, 5.74) is 0. The smallest absolute Gasteiger partial charge is 1.00 e. The summed E-state index contributed by atoms with van der Waals surface area (Å²) in [7, 11) is -15.2. The van der Waals surface area contributed by atoms with Crippen molar-refractivity contribution in [3.63, 3.8) is 0 Å². The van der Waals surface area contributed by atoms with Crippen LogP contribution in [0.25, 0.3) is 8.25 Å². The average Bonchev–Trinajstić information content (AvgIpc) is 4.27. The third-order valence-electron chi connectivity index (χ3n) is 15.0. The van der Waals surface area contributed by atoms with E-state index in [1.165, 1.54) is 257 Å². The summed E-state index contributed by atoms with van der Waals surface area (Å²) in [4.78, 5) is 0. The molecule has 0 bridgehead atoms. The maximum atomic E-state index is 11.2. The van der Waals surface area contributed by atoms with Crippen molar-refractivity contribution in [2.45, 2.75) is 364 Å². The molecule has 508 valence electrons. The second-order valence-corrected chi connectivity index (χ2v) is 31.3. The Morgan fingerprint density at radius 2 is 0.465 bits per heavy atom. The summed E-state index contributed by atoms with van der Waals surface area (Å²) in [6, 6.07) is 0. The second-order valence-electron chi connectivity index (χ2n) is 23.8. The molecule has 2 heterocycles. The van der Waals surface area contributed by atoms with Gasteiger partial charge in [-0.2, -0.15) is 0 Å². The molecule has 0 atom stereocenters. The molecule has 0 aliphatic rings. The minimum atomic E-state index is -3.79. The minimum Gasteiger partial charge on any atom is -1.00 e. The van der Waals surface area contributed by atoms with E-state index in [1.54, 1.807) is 0 Å². The van der Waals surface area contributed by atoms with Crippen molar-refractivity contribution >= 4 is 40.1 Å². The first-order valence-electron chi connectivity index (χ1n) is 34.9. The van der Waals surface area contributed by atoms with Gasteiger partial charge in [-0.1, -0.05) is 274 Å². The van der Waals surface area contributed by atoms with Crippen molar-refractivity contribution in [1.29, 1.82) is 0 Å². The van der Waals surface area contributed by atoms with Crippen molar-refractivity contribution in [2.75, 3.05) is 23.0 Å². The van der Waals surface area contributed by atoms with Crippen LogP contribution in [0.5, 0.6) is 0 Å². The SMILES string of the molecule is CCCCCCCCCCCCCCCCCC[n+]1ccn(CCCC)c1.CCCCCCCCCCCCCCCCCC[n+]1ccn(CCCC)c1.CCCCS(=O)(=O)[N-]S(=O)(=O)CCCC.CCCCS(=O)(=O)[N-]S(=O)(=O)CCCC.[Br-].[K+]. The number of sulfonamides is 4. The van der Waals surface area contributed by atoms with Crippen LogP contribution < -0.4 is 77.5 Å². The van der Waals surface area contributed by atoms with Crippen LogP contribution in [0.15, 0.2) is 37.4 Å². The van der Waals surface area contributed by atoms with Crippen LogP contribution in [0, 0.1) is 0 Å². The number of nitrogens with zero attached hydrogens (tertiary/aromatic N) is 6. The maximum absolute atomic E-state index is 11.2. The zero-order valence-corrected chi connectivity index (χ0v) is 65.2. The van der Waals surface area contributed by atoms with Crippen LogP contribution in [0.2, 0.25) is 0 Å². The zero-order valence-electron chi connectivity index (χ0n) is 57.2. The fourth-order valence-electron chi connectivity index (χ4n) is 9.57. The number of hydrogen-bond acceptors (Lipinski definition) is 8. The quantitative estimate of drug-likeness (QED) is 0.0356. The molecule has 0 saturated carbocycles. The molecule has 0 aliphatic carbocycles. The summed E-state index contributed by atoms with van der Waals surface area (Å²) in [6.45, 7) is 21.2. The van der Waals surface area contributed by atoms with Crippen LogP contribution in [0.3, 0.4) is 0 Å². The summed E-state index contributed by atoms with van der Waals surface area (Å²) < 4.78 is 105. The van der Waals surface area contributed by atoms with E-state index >= 15 is 0 Å². The molecular weight excluding hydrogens is 1250 g/mol. The Hall–Kier alpha value is 0.256. The Kier molecular flexibility index (Phi) is 70.4. The van der Waals surface area contributed by atoms with Gasteiger partial charge < -0.3 is 25.2 Å². The fourth-order valence-corrected chi connectivity index (χ4v) is 16.1. The normalized spacial score (nSPS) is 11.6. The first-order chi connectivity index (χ1) is 40.4. The van der Waals surface area contributed by atoms with E-state index in [2.05, 4.69) is 91.7 Å². The van der Waals surface area contributed by atoms with Crippen molar-refractivity contribution in [1.82, 2.24) is 9.13 Å². The number of halogens is 1. The zero-order chi connectivity index (χ0) is 62.7. The van der Waals surface area contributed by atoms with Gasteiger partial charge >= 0.3 is 51.4 Å². The first-order valence-corrected chi connectivity index (χ1v) is 41.3. The van der Waals surface area contributed by atoms with E-state index < -0.39 is 40.1 Å². The summed E-state index contributed by atoms with van der Waals surface area (Å²) in [5.74, 6) is -0.743. The summed E-state index contributed by atoms with van der Waals surface area (Å²) in [5, 5.41) is 0. The molecule has 0 saturated heterocycles. The van der Waals surface area contributed by atoms with E-state index in [4.69, 9.17) is 0 Å². The predicted octanol–water partition coefficient (Wildman–Crippen LogP) is 12.9. The van der Waals surface area contributed by atoms with Crippen LogP contribution in [-0.4, -0.2) is 65.8 Å². The van der Waals surface area contributed by atoms with Crippen LogP contribution >= 0.6 is 0 Å². The molecule has 0 spiro atoms. The van der Waals surface area contributed by atoms with Gasteiger partial charge in [0.25, 0.3) is 0 Å². The molecule has 0 aliphatic heterocycles. The molecule has 0 unspecified atom stereocenters. The van der Waals surface area contributed by atoms with Crippen LogP contribution in [0.1, 0.15) is 338 Å². The average molecular weight is 1390 g/mol. The molecule has 0 N–H and O–H groups in total. The van der Waals surface area contributed by atoms with Gasteiger partial charge in [-0.25, -0.2) is 51.9 Å². The molecule has 2 aromatic rings. The maximum Gasteiger partial charge on any atom is 1.00 e. The monoisotopic (exact) mass is 1380 g/mol. The summed E-state index contributed by atoms with van der Waals surface area (Å²) >= 11 is 0. The van der Waals surface area contributed by atoms with E-state index in [0.29, 0.717) is 51.4 Å². The third-order valence-corrected chi connectivity index (χ3v) is 21.9. The topological polar surface area (TPSA) is 182 Å². The van der Waals surface area contributed by atoms with Gasteiger partial charge in [0, 0.05) is 23.0 Å².